The van der Waals surface area contributed by atoms with Crippen molar-refractivity contribution in [1.82, 2.24) is 0 Å². The number of hydrogen-bond acceptors (Lipinski definition) is 2. The van der Waals surface area contributed by atoms with E-state index in [2.05, 4.69) is 314 Å². The highest BCUT2D eigenvalue weighted by Gasteiger charge is 2.47. The van der Waals surface area contributed by atoms with E-state index in [1.54, 1.807) is 11.3 Å². The van der Waals surface area contributed by atoms with E-state index >= 15 is 0 Å². The fraction of sp³-hybridized carbons (Fsp3) is 0.0256. The Morgan fingerprint density at radius 2 is 0.775 bits per heavy atom. The summed E-state index contributed by atoms with van der Waals surface area (Å²) in [6.45, 7) is 0. The lowest BCUT2D eigenvalue weighted by Gasteiger charge is -2.34. The Hall–Kier alpha value is -9.86. The van der Waals surface area contributed by atoms with E-state index < -0.39 is 10.8 Å². The van der Waals surface area contributed by atoms with Gasteiger partial charge in [-0.1, -0.05) is 249 Å². The average molecular weight is 1030 g/mol. The molecule has 80 heavy (non-hydrogen) atoms. The number of fused-ring (bicyclic) bond motifs is 10. The molecule has 0 radical (unpaired) electrons. The third-order valence-corrected chi connectivity index (χ3v) is 18.4. The second-order valence-electron chi connectivity index (χ2n) is 21.4. The Morgan fingerprint density at radius 3 is 1.40 bits per heavy atom. The first-order valence-electron chi connectivity index (χ1n) is 27.7. The number of anilines is 3. The quantitative estimate of drug-likeness (QED) is 0.130. The van der Waals surface area contributed by atoms with Gasteiger partial charge in [0.25, 0.3) is 0 Å². The highest BCUT2D eigenvalue weighted by molar-refractivity contribution is 7.17. The molecule has 0 unspecified atom stereocenters. The van der Waals surface area contributed by atoms with Crippen molar-refractivity contribution in [2.45, 2.75) is 10.8 Å². The minimum absolute atomic E-state index is 0.449. The van der Waals surface area contributed by atoms with Gasteiger partial charge >= 0.3 is 0 Å². The smallest absolute Gasteiger partial charge is 0.0713 e. The average Bonchev–Trinajstić information content (AvgIpc) is 3.75. The predicted octanol–water partition coefficient (Wildman–Crippen LogP) is 20.7. The van der Waals surface area contributed by atoms with Crippen LogP contribution in [0.15, 0.2) is 309 Å². The van der Waals surface area contributed by atoms with E-state index in [0.717, 1.165) is 17.1 Å². The number of nitrogens with zero attached hydrogens (tertiary/aromatic N) is 1. The van der Waals surface area contributed by atoms with Crippen LogP contribution in [0.2, 0.25) is 0 Å². The molecule has 374 valence electrons. The van der Waals surface area contributed by atoms with Gasteiger partial charge in [0.1, 0.15) is 0 Å². The zero-order valence-corrected chi connectivity index (χ0v) is 44.6. The van der Waals surface area contributed by atoms with Crippen LogP contribution in [-0.4, -0.2) is 0 Å². The normalized spacial score (nSPS) is 13.4. The second-order valence-corrected chi connectivity index (χ2v) is 22.4. The van der Waals surface area contributed by atoms with Gasteiger partial charge in [-0.25, -0.2) is 0 Å². The molecule has 2 aliphatic carbocycles. The van der Waals surface area contributed by atoms with E-state index in [-0.39, 0.29) is 0 Å². The first-order chi connectivity index (χ1) is 39.7. The molecule has 2 heteroatoms. The zero-order chi connectivity index (χ0) is 52.8. The molecular weight excluding hydrogens is 983 g/mol. The lowest BCUT2D eigenvalue weighted by Crippen LogP contribution is -2.28. The van der Waals surface area contributed by atoms with Gasteiger partial charge in [0, 0.05) is 21.5 Å². The highest BCUT2D eigenvalue weighted by atomic mass is 32.1. The number of benzene rings is 13. The van der Waals surface area contributed by atoms with Crippen molar-refractivity contribution >= 4 is 60.0 Å². The SMILES string of the molecule is c1ccc(C2(c3ccccc3)c3ccccc3-c3cc(-c4ccc(N(c5ccc6c(c5)-c5ccccc5C6(c5ccccc5)c5ccccc5)c5ccc(-c6ccc7sccc7c6)c6c5ccc5ccccc56)cc4)ccc32)cc1. The van der Waals surface area contributed by atoms with Crippen LogP contribution in [0.1, 0.15) is 44.5 Å². The van der Waals surface area contributed by atoms with E-state index in [4.69, 9.17) is 0 Å². The van der Waals surface area contributed by atoms with Gasteiger partial charge in [0.2, 0.25) is 0 Å². The van der Waals surface area contributed by atoms with Crippen LogP contribution in [0.3, 0.4) is 0 Å². The van der Waals surface area contributed by atoms with Crippen molar-refractivity contribution in [3.63, 3.8) is 0 Å². The molecule has 0 N–H and O–H groups in total. The molecule has 13 aromatic carbocycles. The van der Waals surface area contributed by atoms with Gasteiger partial charge in [-0.2, -0.15) is 0 Å². The molecule has 0 bridgehead atoms. The number of thiophene rings is 1. The summed E-state index contributed by atoms with van der Waals surface area (Å²) in [7, 11) is 0. The summed E-state index contributed by atoms with van der Waals surface area (Å²) in [4.78, 5) is 2.51. The lowest BCUT2D eigenvalue weighted by molar-refractivity contribution is 0.768. The molecule has 0 saturated heterocycles. The van der Waals surface area contributed by atoms with E-state index in [0.29, 0.717) is 0 Å². The Kier molecular flexibility index (Phi) is 10.6. The summed E-state index contributed by atoms with van der Waals surface area (Å²) < 4.78 is 1.30. The maximum atomic E-state index is 2.51. The van der Waals surface area contributed by atoms with Crippen LogP contribution in [-0.2, 0) is 10.8 Å². The zero-order valence-electron chi connectivity index (χ0n) is 43.8. The Balaban J connectivity index is 0.901. The topological polar surface area (TPSA) is 3.24 Å². The van der Waals surface area contributed by atoms with Crippen LogP contribution in [0, 0.1) is 0 Å². The van der Waals surface area contributed by atoms with Gasteiger partial charge in [0.15, 0.2) is 0 Å². The van der Waals surface area contributed by atoms with Crippen LogP contribution < -0.4 is 4.90 Å². The minimum atomic E-state index is -0.505. The standard InChI is InChI=1S/C78H51NS/c1-5-20-57(21-6-1)77(58-22-7-2-8-23-58)70-31-17-15-29-65(70)68-50-54(36-43-72(68)77)52-33-38-61(39-34-52)79(74-45-42-64(55-37-46-75-56(49-55)47-48-80-75)76-63-28-14-13-19-53(63)35-41-67(74)76)62-40-44-73-69(51-62)66-30-16-18-32-71(66)78(73,59-24-9-3-10-25-59)60-26-11-4-12-27-60/h1-51H. The van der Waals surface area contributed by atoms with Gasteiger partial charge in [-0.05, 0) is 171 Å². The van der Waals surface area contributed by atoms with Gasteiger partial charge < -0.3 is 4.90 Å². The van der Waals surface area contributed by atoms with Crippen LogP contribution in [0.4, 0.5) is 17.1 Å². The largest absolute Gasteiger partial charge is 0.310 e. The summed E-state index contributed by atoms with van der Waals surface area (Å²) in [5.41, 5.74) is 22.4. The van der Waals surface area contributed by atoms with Crippen LogP contribution in [0.5, 0.6) is 0 Å². The summed E-state index contributed by atoms with van der Waals surface area (Å²) in [6.07, 6.45) is 0. The molecule has 0 amide bonds. The maximum absolute atomic E-state index is 2.51. The third kappa shape index (κ3) is 6.83. The van der Waals surface area contributed by atoms with Crippen LogP contribution >= 0.6 is 11.3 Å². The molecule has 0 fully saturated rings. The minimum Gasteiger partial charge on any atom is -0.310 e. The van der Waals surface area contributed by atoms with E-state index in [1.807, 2.05) is 0 Å². The molecular formula is C78H51NS. The number of hydrogen-bond donors (Lipinski definition) is 0. The molecule has 1 aromatic heterocycles. The molecule has 1 heterocycles. The fourth-order valence-electron chi connectivity index (χ4n) is 14.1. The third-order valence-electron chi connectivity index (χ3n) is 17.5. The molecule has 1 nitrogen and oxygen atoms in total. The Bertz CT molecular complexity index is 4610. The van der Waals surface area contributed by atoms with E-state index in [9.17, 15) is 0 Å². The van der Waals surface area contributed by atoms with Gasteiger partial charge in [-0.15, -0.1) is 11.3 Å². The predicted molar refractivity (Wildman–Crippen MR) is 337 cm³/mol. The van der Waals surface area contributed by atoms with Crippen molar-refractivity contribution in [3.8, 4) is 44.5 Å². The first-order valence-corrected chi connectivity index (χ1v) is 28.6. The Labute approximate surface area is 470 Å². The molecule has 16 rings (SSSR count). The molecule has 0 atom stereocenters. The van der Waals surface area contributed by atoms with Crippen LogP contribution in [0.25, 0.3) is 76.1 Å². The van der Waals surface area contributed by atoms with Gasteiger partial charge in [-0.3, -0.25) is 0 Å². The molecule has 0 saturated carbocycles. The van der Waals surface area contributed by atoms with Gasteiger partial charge in [0.05, 0.1) is 16.5 Å². The van der Waals surface area contributed by atoms with Crippen molar-refractivity contribution in [2.75, 3.05) is 4.90 Å². The van der Waals surface area contributed by atoms with E-state index in [1.165, 1.54) is 121 Å². The molecule has 0 spiro atoms. The second kappa shape index (κ2) is 18.4. The summed E-state index contributed by atoms with van der Waals surface area (Å²) in [5, 5.41) is 8.36. The first kappa shape index (κ1) is 46.3. The lowest BCUT2D eigenvalue weighted by atomic mass is 9.67. The van der Waals surface area contributed by atoms with Crippen molar-refractivity contribution in [2.24, 2.45) is 0 Å². The molecule has 14 aromatic rings. The van der Waals surface area contributed by atoms with Crippen molar-refractivity contribution in [1.29, 1.82) is 0 Å². The molecule has 0 aliphatic heterocycles. The highest BCUT2D eigenvalue weighted by Crippen LogP contribution is 2.59. The molecule has 2 aliphatic rings. The summed E-state index contributed by atoms with van der Waals surface area (Å²) >= 11 is 1.79. The maximum Gasteiger partial charge on any atom is 0.0713 e. The van der Waals surface area contributed by atoms with Crippen molar-refractivity contribution in [3.05, 3.63) is 353 Å². The fourth-order valence-corrected chi connectivity index (χ4v) is 14.9. The monoisotopic (exact) mass is 1030 g/mol. The van der Waals surface area contributed by atoms with Crippen molar-refractivity contribution < 1.29 is 0 Å². The Morgan fingerprint density at radius 1 is 0.275 bits per heavy atom. The number of rotatable bonds is 9. The summed E-state index contributed by atoms with van der Waals surface area (Å²) in [6, 6.07) is 114. The summed E-state index contributed by atoms with van der Waals surface area (Å²) in [5.74, 6) is 0.